The summed E-state index contributed by atoms with van der Waals surface area (Å²) in [6.45, 7) is 3.08. The zero-order valence-electron chi connectivity index (χ0n) is 11.2. The van der Waals surface area contributed by atoms with Crippen molar-refractivity contribution < 1.29 is 9.90 Å². The van der Waals surface area contributed by atoms with Crippen LogP contribution in [-0.2, 0) is 0 Å². The van der Waals surface area contributed by atoms with E-state index >= 15 is 0 Å². The van der Waals surface area contributed by atoms with Crippen molar-refractivity contribution in [1.29, 1.82) is 0 Å². The molecule has 0 spiro atoms. The number of hydrogen-bond acceptors (Lipinski definition) is 4. The molecule has 1 aromatic heterocycles. The molecule has 0 saturated heterocycles. The summed E-state index contributed by atoms with van der Waals surface area (Å²) in [6.07, 6.45) is 4.97. The van der Waals surface area contributed by atoms with Crippen LogP contribution in [0.4, 0.5) is 4.79 Å². The molecule has 1 unspecified atom stereocenters. The lowest BCUT2D eigenvalue weighted by molar-refractivity contribution is 0.173. The van der Waals surface area contributed by atoms with Gasteiger partial charge >= 0.3 is 6.03 Å². The second-order valence-electron chi connectivity index (χ2n) is 4.85. The highest BCUT2D eigenvalue weighted by molar-refractivity contribution is 7.09. The predicted octanol–water partition coefficient (Wildman–Crippen LogP) is 2.01. The summed E-state index contributed by atoms with van der Waals surface area (Å²) in [6, 6.07) is -0.0615. The summed E-state index contributed by atoms with van der Waals surface area (Å²) >= 11 is 1.59. The highest BCUT2D eigenvalue weighted by Crippen LogP contribution is 2.41. The summed E-state index contributed by atoms with van der Waals surface area (Å²) < 4.78 is 0. The van der Waals surface area contributed by atoms with Crippen LogP contribution in [0, 0.1) is 5.92 Å². The Kier molecular flexibility index (Phi) is 5.15. The van der Waals surface area contributed by atoms with Gasteiger partial charge in [-0.05, 0) is 25.2 Å². The first kappa shape index (κ1) is 14.3. The highest BCUT2D eigenvalue weighted by Gasteiger charge is 2.35. The Morgan fingerprint density at radius 2 is 2.42 bits per heavy atom. The Labute approximate surface area is 117 Å². The fourth-order valence-corrected chi connectivity index (χ4v) is 2.91. The van der Waals surface area contributed by atoms with Gasteiger partial charge in [-0.3, -0.25) is 0 Å². The van der Waals surface area contributed by atoms with Gasteiger partial charge in [0, 0.05) is 24.7 Å². The number of nitrogens with one attached hydrogen (secondary N) is 1. The third kappa shape index (κ3) is 3.91. The smallest absolute Gasteiger partial charge is 0.318 e. The van der Waals surface area contributed by atoms with E-state index in [1.54, 1.807) is 22.4 Å². The van der Waals surface area contributed by atoms with Crippen LogP contribution < -0.4 is 5.32 Å². The topological polar surface area (TPSA) is 65.5 Å². The van der Waals surface area contributed by atoms with E-state index in [1.807, 2.05) is 12.3 Å². The van der Waals surface area contributed by atoms with Crippen LogP contribution in [-0.4, -0.2) is 40.7 Å². The maximum Gasteiger partial charge on any atom is 0.318 e. The first-order chi connectivity index (χ1) is 9.26. The quantitative estimate of drug-likeness (QED) is 0.804. The van der Waals surface area contributed by atoms with Gasteiger partial charge in [0.1, 0.15) is 5.01 Å². The molecule has 0 bridgehead atoms. The molecule has 106 valence electrons. The zero-order chi connectivity index (χ0) is 13.7. The molecule has 1 aromatic rings. The number of rotatable bonds is 7. The minimum absolute atomic E-state index is 0.00122. The number of amides is 2. The Morgan fingerprint density at radius 1 is 1.63 bits per heavy atom. The van der Waals surface area contributed by atoms with E-state index in [9.17, 15) is 4.79 Å². The number of aliphatic hydroxyl groups excluding tert-OH is 1. The summed E-state index contributed by atoms with van der Waals surface area (Å²) in [7, 11) is 0. The lowest BCUT2D eigenvalue weighted by Gasteiger charge is -2.25. The van der Waals surface area contributed by atoms with Crippen LogP contribution in [0.3, 0.4) is 0 Å². The largest absolute Gasteiger partial charge is 0.395 e. The number of thiazole rings is 1. The summed E-state index contributed by atoms with van der Waals surface area (Å²) in [4.78, 5) is 18.2. The van der Waals surface area contributed by atoms with Crippen LogP contribution in [0.25, 0.3) is 0 Å². The molecule has 2 amide bonds. The number of hydrogen-bond donors (Lipinski definition) is 2. The van der Waals surface area contributed by atoms with Crippen molar-refractivity contribution in [2.45, 2.75) is 32.2 Å². The molecule has 1 atom stereocenters. The van der Waals surface area contributed by atoms with Crippen LogP contribution in [0.5, 0.6) is 0 Å². The predicted molar refractivity (Wildman–Crippen MR) is 75.1 cm³/mol. The molecule has 2 N–H and O–H groups in total. The number of nitrogens with zero attached hydrogens (tertiary/aromatic N) is 2. The fourth-order valence-electron chi connectivity index (χ4n) is 2.13. The first-order valence-electron chi connectivity index (χ1n) is 6.82. The van der Waals surface area contributed by atoms with Crippen molar-refractivity contribution in [2.75, 3.05) is 19.7 Å². The molecular formula is C13H21N3O2S. The molecule has 0 aliphatic heterocycles. The minimum atomic E-state index is -0.0944. The molecule has 5 nitrogen and oxygen atoms in total. The molecule has 1 aliphatic carbocycles. The van der Waals surface area contributed by atoms with E-state index in [4.69, 9.17) is 5.11 Å². The minimum Gasteiger partial charge on any atom is -0.395 e. The van der Waals surface area contributed by atoms with Crippen molar-refractivity contribution in [3.8, 4) is 0 Å². The average molecular weight is 283 g/mol. The highest BCUT2D eigenvalue weighted by atomic mass is 32.1. The second kappa shape index (κ2) is 6.86. The lowest BCUT2D eigenvalue weighted by atomic mass is 10.2. The van der Waals surface area contributed by atoms with Crippen LogP contribution in [0.2, 0.25) is 0 Å². The number of carbonyl (C=O) groups excluding carboxylic acids is 1. The number of aromatic nitrogens is 1. The van der Waals surface area contributed by atoms with Gasteiger partial charge in [0.2, 0.25) is 0 Å². The van der Waals surface area contributed by atoms with Gasteiger partial charge in [-0.25, -0.2) is 9.78 Å². The monoisotopic (exact) mass is 283 g/mol. The number of aliphatic hydroxyl groups is 1. The van der Waals surface area contributed by atoms with Crippen molar-refractivity contribution in [1.82, 2.24) is 15.2 Å². The van der Waals surface area contributed by atoms with E-state index in [2.05, 4.69) is 10.3 Å². The van der Waals surface area contributed by atoms with Gasteiger partial charge in [0.05, 0.1) is 12.6 Å². The van der Waals surface area contributed by atoms with Gasteiger partial charge < -0.3 is 15.3 Å². The molecule has 6 heteroatoms. The maximum atomic E-state index is 12.2. The fraction of sp³-hybridized carbons (Fsp3) is 0.692. The van der Waals surface area contributed by atoms with E-state index in [-0.39, 0.29) is 18.7 Å². The summed E-state index contributed by atoms with van der Waals surface area (Å²) in [5.74, 6) is 0.521. The average Bonchev–Trinajstić information content (AvgIpc) is 3.10. The Balaban J connectivity index is 1.98. The van der Waals surface area contributed by atoms with Crippen molar-refractivity contribution in [2.24, 2.45) is 5.92 Å². The molecule has 1 saturated carbocycles. The SMILES string of the molecule is CCCN(CCO)C(=O)NC(c1nccs1)C1CC1. The van der Waals surface area contributed by atoms with Crippen molar-refractivity contribution in [3.63, 3.8) is 0 Å². The standard InChI is InChI=1S/C13H21N3O2S/c1-2-6-16(7-8-17)13(18)15-11(10-3-4-10)12-14-5-9-19-12/h5,9-11,17H,2-4,6-8H2,1H3,(H,15,18). The van der Waals surface area contributed by atoms with Crippen LogP contribution >= 0.6 is 11.3 Å². The maximum absolute atomic E-state index is 12.2. The summed E-state index contributed by atoms with van der Waals surface area (Å²) in [5, 5.41) is 15.0. The van der Waals surface area contributed by atoms with Crippen LogP contribution in [0.15, 0.2) is 11.6 Å². The van der Waals surface area contributed by atoms with Crippen molar-refractivity contribution in [3.05, 3.63) is 16.6 Å². The molecular weight excluding hydrogens is 262 g/mol. The zero-order valence-corrected chi connectivity index (χ0v) is 12.0. The van der Waals surface area contributed by atoms with Gasteiger partial charge in [-0.2, -0.15) is 0 Å². The van der Waals surface area contributed by atoms with E-state index in [1.165, 1.54) is 0 Å². The van der Waals surface area contributed by atoms with E-state index < -0.39 is 0 Å². The van der Waals surface area contributed by atoms with E-state index in [0.717, 1.165) is 24.3 Å². The number of carbonyl (C=O) groups is 1. The molecule has 19 heavy (non-hydrogen) atoms. The summed E-state index contributed by atoms with van der Waals surface area (Å²) in [5.41, 5.74) is 0. The second-order valence-corrected chi connectivity index (χ2v) is 5.77. The Morgan fingerprint density at radius 3 is 2.95 bits per heavy atom. The molecule has 2 rings (SSSR count). The lowest BCUT2D eigenvalue weighted by Crippen LogP contribution is -2.43. The van der Waals surface area contributed by atoms with E-state index in [0.29, 0.717) is 19.0 Å². The molecule has 1 aliphatic rings. The van der Waals surface area contributed by atoms with Crippen LogP contribution in [0.1, 0.15) is 37.2 Å². The molecule has 0 radical (unpaired) electrons. The van der Waals surface area contributed by atoms with Gasteiger partial charge in [-0.1, -0.05) is 6.92 Å². The molecule has 1 heterocycles. The first-order valence-corrected chi connectivity index (χ1v) is 7.70. The van der Waals surface area contributed by atoms with Gasteiger partial charge in [0.25, 0.3) is 0 Å². The normalized spacial score (nSPS) is 16.1. The molecule has 0 aromatic carbocycles. The third-order valence-electron chi connectivity index (χ3n) is 3.24. The number of urea groups is 1. The Hall–Kier alpha value is -1.14. The van der Waals surface area contributed by atoms with Crippen molar-refractivity contribution >= 4 is 17.4 Å². The third-order valence-corrected chi connectivity index (χ3v) is 4.10. The van der Waals surface area contributed by atoms with Gasteiger partial charge in [-0.15, -0.1) is 11.3 Å². The molecule has 1 fully saturated rings. The van der Waals surface area contributed by atoms with Gasteiger partial charge in [0.15, 0.2) is 0 Å². The Bertz CT molecular complexity index is 387.